The quantitative estimate of drug-likeness (QED) is 0.394. The lowest BCUT2D eigenvalue weighted by Crippen LogP contribution is -2.47. The number of nitrogens with zero attached hydrogens (tertiary/aromatic N) is 2. The van der Waals surface area contributed by atoms with Crippen molar-refractivity contribution < 1.29 is 17.9 Å². The fourth-order valence-corrected chi connectivity index (χ4v) is 6.92. The van der Waals surface area contributed by atoms with Crippen LogP contribution in [0.1, 0.15) is 39.6 Å². The summed E-state index contributed by atoms with van der Waals surface area (Å²) in [7, 11) is -2.25. The summed E-state index contributed by atoms with van der Waals surface area (Å²) < 4.78 is 33.5. The van der Waals surface area contributed by atoms with E-state index in [1.165, 1.54) is 9.18 Å². The van der Waals surface area contributed by atoms with Crippen molar-refractivity contribution in [2.24, 2.45) is 0 Å². The van der Waals surface area contributed by atoms with E-state index in [2.05, 4.69) is 30.5 Å². The van der Waals surface area contributed by atoms with Gasteiger partial charge in [0, 0.05) is 31.7 Å². The molecule has 6 nitrogen and oxygen atoms in total. The Morgan fingerprint density at radius 1 is 1.09 bits per heavy atom. The molecule has 0 bridgehead atoms. The Morgan fingerprint density at radius 3 is 2.54 bits per heavy atom. The van der Waals surface area contributed by atoms with Crippen LogP contribution in [-0.2, 0) is 26.0 Å². The van der Waals surface area contributed by atoms with Crippen LogP contribution in [0.15, 0.2) is 64.9 Å². The number of hydrogen-bond donors (Lipinski definition) is 0. The molecule has 1 aromatic heterocycles. The second-order valence-electron chi connectivity index (χ2n) is 8.89. The van der Waals surface area contributed by atoms with Gasteiger partial charge in [-0.1, -0.05) is 42.0 Å². The summed E-state index contributed by atoms with van der Waals surface area (Å²) in [4.78, 5) is 17.1. The number of methoxy groups -OCH3 is 1. The first-order valence-corrected chi connectivity index (χ1v) is 14.1. The number of sulfonamides is 1. The Morgan fingerprint density at radius 2 is 1.83 bits per heavy atom. The Balaban J connectivity index is 1.65. The molecule has 4 rings (SSSR count). The van der Waals surface area contributed by atoms with E-state index in [9.17, 15) is 13.2 Å². The summed E-state index contributed by atoms with van der Waals surface area (Å²) >= 11 is 1.72. The molecular formula is C27H32N2O4S2. The number of rotatable bonds is 9. The van der Waals surface area contributed by atoms with Gasteiger partial charge in [0.25, 0.3) is 0 Å². The van der Waals surface area contributed by atoms with Crippen LogP contribution < -0.4 is 0 Å². The predicted octanol–water partition coefficient (Wildman–Crippen LogP) is 4.57. The molecule has 0 saturated carbocycles. The number of amides is 1. The number of hydrogen-bond acceptors (Lipinski definition) is 5. The lowest BCUT2D eigenvalue weighted by molar-refractivity contribution is -0.133. The lowest BCUT2D eigenvalue weighted by atomic mass is 9.90. The zero-order valence-corrected chi connectivity index (χ0v) is 22.1. The molecular weight excluding hydrogens is 480 g/mol. The first-order chi connectivity index (χ1) is 16.8. The van der Waals surface area contributed by atoms with Gasteiger partial charge in [0.15, 0.2) is 0 Å². The number of aryl methyl sites for hydroxylation is 2. The van der Waals surface area contributed by atoms with Crippen LogP contribution in [0, 0.1) is 13.8 Å². The van der Waals surface area contributed by atoms with E-state index < -0.39 is 10.0 Å². The molecule has 1 unspecified atom stereocenters. The molecule has 35 heavy (non-hydrogen) atoms. The fourth-order valence-electron chi connectivity index (χ4n) is 4.58. The summed E-state index contributed by atoms with van der Waals surface area (Å²) in [5.41, 5.74) is 4.30. The van der Waals surface area contributed by atoms with Gasteiger partial charge in [-0.2, -0.15) is 4.31 Å². The van der Waals surface area contributed by atoms with Gasteiger partial charge in [0.1, 0.15) is 0 Å². The minimum atomic E-state index is -3.84. The van der Waals surface area contributed by atoms with E-state index in [1.54, 1.807) is 42.7 Å². The molecule has 0 fully saturated rings. The highest BCUT2D eigenvalue weighted by Gasteiger charge is 2.36. The molecule has 0 aliphatic carbocycles. The van der Waals surface area contributed by atoms with Crippen molar-refractivity contribution in [3.05, 3.63) is 87.1 Å². The maximum absolute atomic E-state index is 13.8. The third-order valence-corrected chi connectivity index (χ3v) is 9.35. The normalized spacial score (nSPS) is 15.9. The van der Waals surface area contributed by atoms with Crippen LogP contribution >= 0.6 is 11.3 Å². The highest BCUT2D eigenvalue weighted by molar-refractivity contribution is 7.89. The first kappa shape index (κ1) is 25.6. The maximum Gasteiger partial charge on any atom is 0.243 e. The Bertz CT molecular complexity index is 1270. The molecule has 1 aliphatic heterocycles. The van der Waals surface area contributed by atoms with Crippen LogP contribution in [0.5, 0.6) is 0 Å². The average Bonchev–Trinajstić information content (AvgIpc) is 3.32. The van der Waals surface area contributed by atoms with Crippen LogP contribution in [-0.4, -0.2) is 56.9 Å². The largest absolute Gasteiger partial charge is 0.385 e. The Hall–Kier alpha value is -2.52. The zero-order valence-electron chi connectivity index (χ0n) is 20.4. The Labute approximate surface area is 212 Å². The maximum atomic E-state index is 13.8. The molecule has 0 saturated heterocycles. The summed E-state index contributed by atoms with van der Waals surface area (Å²) in [6, 6.07) is 16.7. The van der Waals surface area contributed by atoms with Crippen molar-refractivity contribution in [1.82, 2.24) is 9.21 Å². The van der Waals surface area contributed by atoms with Crippen molar-refractivity contribution in [3.63, 3.8) is 0 Å². The molecule has 1 aliphatic rings. The van der Waals surface area contributed by atoms with E-state index in [0.717, 1.165) is 28.7 Å². The van der Waals surface area contributed by atoms with Crippen LogP contribution in [0.25, 0.3) is 0 Å². The van der Waals surface area contributed by atoms with Crippen LogP contribution in [0.2, 0.25) is 0 Å². The number of carbonyl (C=O) groups excluding carboxylic acids is 1. The van der Waals surface area contributed by atoms with Crippen molar-refractivity contribution in [2.75, 3.05) is 33.4 Å². The summed E-state index contributed by atoms with van der Waals surface area (Å²) in [6.07, 6.45) is 1.28. The van der Waals surface area contributed by atoms with E-state index in [0.29, 0.717) is 19.6 Å². The molecule has 2 aromatic carbocycles. The monoisotopic (exact) mass is 512 g/mol. The van der Waals surface area contributed by atoms with Crippen LogP contribution in [0.3, 0.4) is 0 Å². The summed E-state index contributed by atoms with van der Waals surface area (Å²) in [5.74, 6) is -0.191. The third kappa shape index (κ3) is 5.51. The number of thiophene rings is 1. The molecule has 186 valence electrons. The minimum Gasteiger partial charge on any atom is -0.385 e. The average molecular weight is 513 g/mol. The highest BCUT2D eigenvalue weighted by atomic mass is 32.2. The van der Waals surface area contributed by atoms with Crippen molar-refractivity contribution in [1.29, 1.82) is 0 Å². The van der Waals surface area contributed by atoms with Gasteiger partial charge in [-0.3, -0.25) is 4.79 Å². The molecule has 0 spiro atoms. The van der Waals surface area contributed by atoms with Gasteiger partial charge in [-0.05, 0) is 67.0 Å². The topological polar surface area (TPSA) is 66.9 Å². The van der Waals surface area contributed by atoms with Gasteiger partial charge in [0.2, 0.25) is 15.9 Å². The van der Waals surface area contributed by atoms with E-state index in [-0.39, 0.29) is 29.9 Å². The van der Waals surface area contributed by atoms with Gasteiger partial charge in [0.05, 0.1) is 17.5 Å². The number of benzene rings is 2. The third-order valence-electron chi connectivity index (χ3n) is 6.50. The van der Waals surface area contributed by atoms with Gasteiger partial charge in [-0.25, -0.2) is 8.42 Å². The number of carbonyl (C=O) groups is 1. The highest BCUT2D eigenvalue weighted by Crippen LogP contribution is 2.39. The van der Waals surface area contributed by atoms with Crippen LogP contribution in [0.4, 0.5) is 0 Å². The number of fused-ring (bicyclic) bond motifs is 1. The smallest absolute Gasteiger partial charge is 0.243 e. The molecule has 3 aromatic rings. The Kier molecular flexibility index (Phi) is 8.06. The SMILES string of the molecule is COCCCN(CC(=O)N1CCc2sccc2C1c1ccccc1C)S(=O)(=O)c1ccc(C)cc1. The van der Waals surface area contributed by atoms with Crippen molar-refractivity contribution >= 4 is 27.3 Å². The van der Waals surface area contributed by atoms with Gasteiger partial charge < -0.3 is 9.64 Å². The van der Waals surface area contributed by atoms with E-state index in [1.807, 2.05) is 24.0 Å². The van der Waals surface area contributed by atoms with Gasteiger partial charge >= 0.3 is 0 Å². The number of ether oxygens (including phenoxy) is 1. The van der Waals surface area contributed by atoms with Crippen molar-refractivity contribution in [2.45, 2.75) is 37.6 Å². The molecule has 1 amide bonds. The van der Waals surface area contributed by atoms with E-state index in [4.69, 9.17) is 4.74 Å². The van der Waals surface area contributed by atoms with Gasteiger partial charge in [-0.15, -0.1) is 11.3 Å². The summed E-state index contributed by atoms with van der Waals surface area (Å²) in [6.45, 7) is 4.95. The minimum absolute atomic E-state index is 0.191. The van der Waals surface area contributed by atoms with E-state index >= 15 is 0 Å². The molecule has 8 heteroatoms. The predicted molar refractivity (Wildman–Crippen MR) is 139 cm³/mol. The lowest BCUT2D eigenvalue weighted by Gasteiger charge is -2.38. The second-order valence-corrected chi connectivity index (χ2v) is 11.8. The fraction of sp³-hybridized carbons (Fsp3) is 0.370. The first-order valence-electron chi connectivity index (χ1n) is 11.8. The molecule has 2 heterocycles. The molecule has 0 radical (unpaired) electrons. The molecule has 1 atom stereocenters. The zero-order chi connectivity index (χ0) is 25.0. The second kappa shape index (κ2) is 11.0. The van der Waals surface area contributed by atoms with Crippen molar-refractivity contribution in [3.8, 4) is 0 Å². The molecule has 0 N–H and O–H groups in total. The standard InChI is InChI=1S/C27H32N2O4S2/c1-20-9-11-22(12-10-20)35(31,32)28(15-6-17-33-3)19-26(30)29-16-13-25-24(14-18-34-25)27(29)23-8-5-4-7-21(23)2/h4-5,7-12,14,18,27H,6,13,15-17,19H2,1-3H3. The summed E-state index contributed by atoms with van der Waals surface area (Å²) in [5, 5.41) is 2.07.